The molecular formula is C21H16ClNO2. The molecule has 4 heteroatoms. The molecule has 0 saturated carbocycles. The van der Waals surface area contributed by atoms with Gasteiger partial charge < -0.3 is 9.47 Å². The number of nitriles is 1. The van der Waals surface area contributed by atoms with Gasteiger partial charge in [-0.1, -0.05) is 60.1 Å². The first kappa shape index (κ1) is 16.9. The maximum atomic E-state index is 9.12. The van der Waals surface area contributed by atoms with Crippen molar-refractivity contribution in [3.8, 4) is 28.7 Å². The minimum Gasteiger partial charge on any atom is -0.489 e. The van der Waals surface area contributed by atoms with Crippen LogP contribution >= 0.6 is 11.6 Å². The molecule has 0 fully saturated rings. The molecule has 3 aromatic carbocycles. The van der Waals surface area contributed by atoms with Gasteiger partial charge in [-0.3, -0.25) is 0 Å². The molecule has 0 radical (unpaired) electrons. The van der Waals surface area contributed by atoms with E-state index in [1.54, 1.807) is 18.2 Å². The standard InChI is InChI=1S/C21H16ClNO2/c22-18-10-11-20(17(14-18)15-23)24-12-13-25-21-9-5-4-8-19(21)16-6-2-1-3-7-16/h1-11,14H,12-13H2. The summed E-state index contributed by atoms with van der Waals surface area (Å²) in [4.78, 5) is 0. The molecule has 0 aliphatic heterocycles. The lowest BCUT2D eigenvalue weighted by atomic mass is 10.1. The highest BCUT2D eigenvalue weighted by Crippen LogP contribution is 2.29. The molecule has 0 atom stereocenters. The molecule has 124 valence electrons. The Kier molecular flexibility index (Phi) is 5.56. The van der Waals surface area contributed by atoms with Crippen LogP contribution in [0.3, 0.4) is 0 Å². The average Bonchev–Trinajstić information content (AvgIpc) is 2.67. The summed E-state index contributed by atoms with van der Waals surface area (Å²) in [7, 11) is 0. The smallest absolute Gasteiger partial charge is 0.137 e. The Balaban J connectivity index is 1.63. The Hall–Kier alpha value is -2.96. The van der Waals surface area contributed by atoms with Crippen LogP contribution in [-0.4, -0.2) is 13.2 Å². The Morgan fingerprint density at radius 3 is 2.24 bits per heavy atom. The molecule has 0 bridgehead atoms. The molecule has 0 aromatic heterocycles. The number of nitrogens with zero attached hydrogens (tertiary/aromatic N) is 1. The van der Waals surface area contributed by atoms with Gasteiger partial charge >= 0.3 is 0 Å². The largest absolute Gasteiger partial charge is 0.489 e. The van der Waals surface area contributed by atoms with E-state index in [-0.39, 0.29) is 0 Å². The number of hydrogen-bond acceptors (Lipinski definition) is 3. The van der Waals surface area contributed by atoms with Gasteiger partial charge in [-0.15, -0.1) is 0 Å². The molecule has 0 heterocycles. The van der Waals surface area contributed by atoms with Crippen LogP contribution in [0.15, 0.2) is 72.8 Å². The minimum absolute atomic E-state index is 0.333. The van der Waals surface area contributed by atoms with Crippen LogP contribution in [0.5, 0.6) is 11.5 Å². The third-order valence-electron chi connectivity index (χ3n) is 3.63. The molecule has 25 heavy (non-hydrogen) atoms. The van der Waals surface area contributed by atoms with Crippen molar-refractivity contribution in [3.63, 3.8) is 0 Å². The van der Waals surface area contributed by atoms with E-state index < -0.39 is 0 Å². The highest BCUT2D eigenvalue weighted by molar-refractivity contribution is 6.30. The van der Waals surface area contributed by atoms with Crippen molar-refractivity contribution in [2.24, 2.45) is 0 Å². The lowest BCUT2D eigenvalue weighted by Gasteiger charge is -2.13. The van der Waals surface area contributed by atoms with Crippen LogP contribution in [0.1, 0.15) is 5.56 Å². The minimum atomic E-state index is 0.333. The zero-order valence-electron chi connectivity index (χ0n) is 13.5. The summed E-state index contributed by atoms with van der Waals surface area (Å²) in [6.45, 7) is 0.705. The zero-order valence-corrected chi connectivity index (χ0v) is 14.2. The third-order valence-corrected chi connectivity index (χ3v) is 3.87. The monoisotopic (exact) mass is 349 g/mol. The maximum Gasteiger partial charge on any atom is 0.137 e. The van der Waals surface area contributed by atoms with E-state index >= 15 is 0 Å². The van der Waals surface area contributed by atoms with Gasteiger partial charge in [-0.25, -0.2) is 0 Å². The van der Waals surface area contributed by atoms with E-state index in [1.807, 2.05) is 54.6 Å². The molecular weight excluding hydrogens is 334 g/mol. The van der Waals surface area contributed by atoms with Crippen LogP contribution in [0, 0.1) is 11.3 Å². The van der Waals surface area contributed by atoms with Crippen LogP contribution in [0.25, 0.3) is 11.1 Å². The summed E-state index contributed by atoms with van der Waals surface area (Å²) in [6.07, 6.45) is 0. The summed E-state index contributed by atoms with van der Waals surface area (Å²) in [6, 6.07) is 25.0. The second-order valence-electron chi connectivity index (χ2n) is 5.31. The van der Waals surface area contributed by atoms with E-state index in [2.05, 4.69) is 6.07 Å². The quantitative estimate of drug-likeness (QED) is 0.564. The van der Waals surface area contributed by atoms with Gasteiger partial charge in [0.2, 0.25) is 0 Å². The first-order valence-electron chi connectivity index (χ1n) is 7.87. The molecule has 0 spiro atoms. The predicted octanol–water partition coefficient (Wildman–Crippen LogP) is 5.34. The summed E-state index contributed by atoms with van der Waals surface area (Å²) < 4.78 is 11.5. The van der Waals surface area contributed by atoms with Gasteiger partial charge in [0.25, 0.3) is 0 Å². The zero-order chi connectivity index (χ0) is 17.5. The van der Waals surface area contributed by atoms with E-state index in [1.165, 1.54) is 0 Å². The van der Waals surface area contributed by atoms with Crippen molar-refractivity contribution in [1.82, 2.24) is 0 Å². The molecule has 3 nitrogen and oxygen atoms in total. The van der Waals surface area contributed by atoms with Gasteiger partial charge in [0.05, 0.1) is 5.56 Å². The molecule has 3 rings (SSSR count). The molecule has 0 aliphatic rings. The molecule has 0 N–H and O–H groups in total. The van der Waals surface area contributed by atoms with E-state index in [0.717, 1.165) is 16.9 Å². The van der Waals surface area contributed by atoms with Gasteiger partial charge in [-0.05, 0) is 29.8 Å². The first-order chi connectivity index (χ1) is 12.3. The number of ether oxygens (including phenoxy) is 2. The SMILES string of the molecule is N#Cc1cc(Cl)ccc1OCCOc1ccccc1-c1ccccc1. The van der Waals surface area contributed by atoms with E-state index in [4.69, 9.17) is 26.3 Å². The number of rotatable bonds is 6. The Morgan fingerprint density at radius 2 is 1.48 bits per heavy atom. The van der Waals surface area contributed by atoms with Crippen molar-refractivity contribution in [2.45, 2.75) is 0 Å². The summed E-state index contributed by atoms with van der Waals surface area (Å²) in [5.41, 5.74) is 2.55. The fourth-order valence-electron chi connectivity index (χ4n) is 2.47. The van der Waals surface area contributed by atoms with E-state index in [0.29, 0.717) is 29.5 Å². The van der Waals surface area contributed by atoms with Crippen molar-refractivity contribution in [2.75, 3.05) is 13.2 Å². The van der Waals surface area contributed by atoms with Crippen LogP contribution in [-0.2, 0) is 0 Å². The third kappa shape index (κ3) is 4.32. The first-order valence-corrected chi connectivity index (χ1v) is 8.25. The summed E-state index contributed by atoms with van der Waals surface area (Å²) >= 11 is 5.88. The van der Waals surface area contributed by atoms with Gasteiger partial charge in [-0.2, -0.15) is 5.26 Å². The van der Waals surface area contributed by atoms with Crippen LogP contribution < -0.4 is 9.47 Å². The lowest BCUT2D eigenvalue weighted by Crippen LogP contribution is -2.10. The number of benzene rings is 3. The number of para-hydroxylation sites is 1. The molecule has 0 aliphatic carbocycles. The number of halogens is 1. The fraction of sp³-hybridized carbons (Fsp3) is 0.0952. The fourth-order valence-corrected chi connectivity index (χ4v) is 2.64. The highest BCUT2D eigenvalue weighted by Gasteiger charge is 2.07. The van der Waals surface area contributed by atoms with Gasteiger partial charge in [0.1, 0.15) is 30.8 Å². The predicted molar refractivity (Wildman–Crippen MR) is 99.0 cm³/mol. The second kappa shape index (κ2) is 8.23. The Morgan fingerprint density at radius 1 is 0.800 bits per heavy atom. The van der Waals surface area contributed by atoms with E-state index in [9.17, 15) is 0 Å². The van der Waals surface area contributed by atoms with Gasteiger partial charge in [0, 0.05) is 10.6 Å². The van der Waals surface area contributed by atoms with Crippen molar-refractivity contribution in [3.05, 3.63) is 83.4 Å². The van der Waals surface area contributed by atoms with Crippen molar-refractivity contribution in [1.29, 1.82) is 5.26 Å². The highest BCUT2D eigenvalue weighted by atomic mass is 35.5. The Labute approximate surface area is 152 Å². The summed E-state index contributed by atoms with van der Waals surface area (Å²) in [5.74, 6) is 1.31. The normalized spacial score (nSPS) is 10.1. The average molecular weight is 350 g/mol. The topological polar surface area (TPSA) is 42.2 Å². The molecule has 0 saturated heterocycles. The second-order valence-corrected chi connectivity index (χ2v) is 5.75. The van der Waals surface area contributed by atoms with Crippen LogP contribution in [0.4, 0.5) is 0 Å². The van der Waals surface area contributed by atoms with Crippen molar-refractivity contribution >= 4 is 11.6 Å². The van der Waals surface area contributed by atoms with Crippen LogP contribution in [0.2, 0.25) is 5.02 Å². The molecule has 0 amide bonds. The van der Waals surface area contributed by atoms with Crippen molar-refractivity contribution < 1.29 is 9.47 Å². The van der Waals surface area contributed by atoms with Gasteiger partial charge in [0.15, 0.2) is 0 Å². The molecule has 3 aromatic rings. The lowest BCUT2D eigenvalue weighted by molar-refractivity contribution is 0.217. The maximum absolute atomic E-state index is 9.12. The summed E-state index contributed by atoms with van der Waals surface area (Å²) in [5, 5.41) is 9.63. The molecule has 0 unspecified atom stereocenters. The Bertz CT molecular complexity index is 888. The number of hydrogen-bond donors (Lipinski definition) is 0.